The highest BCUT2D eigenvalue weighted by molar-refractivity contribution is 5.29. The molecule has 0 spiro atoms. The molecule has 1 aromatic rings. The van der Waals surface area contributed by atoms with Crippen LogP contribution in [0, 0.1) is 5.82 Å². The summed E-state index contributed by atoms with van der Waals surface area (Å²) in [5.41, 5.74) is 5.41. The van der Waals surface area contributed by atoms with Crippen molar-refractivity contribution in [3.05, 3.63) is 29.6 Å². The van der Waals surface area contributed by atoms with Crippen LogP contribution in [0.4, 0.5) is 17.6 Å². The van der Waals surface area contributed by atoms with Gasteiger partial charge in [-0.15, -0.1) is 0 Å². The highest BCUT2D eigenvalue weighted by atomic mass is 19.4. The highest BCUT2D eigenvalue weighted by Crippen LogP contribution is 2.28. The molecule has 0 heterocycles. The maximum atomic E-state index is 13.2. The van der Waals surface area contributed by atoms with Gasteiger partial charge in [0.15, 0.2) is 0 Å². The largest absolute Gasteiger partial charge is 0.508 e. The van der Waals surface area contributed by atoms with Crippen molar-refractivity contribution in [2.75, 3.05) is 0 Å². The lowest BCUT2D eigenvalue weighted by atomic mass is 10.0. The maximum Gasteiger partial charge on any atom is 0.389 e. The fraction of sp³-hybridized carbons (Fsp3) is 0.400. The highest BCUT2D eigenvalue weighted by Gasteiger charge is 2.28. The number of hydrogen-bond acceptors (Lipinski definition) is 2. The summed E-state index contributed by atoms with van der Waals surface area (Å²) in [7, 11) is 0. The molecular weight excluding hydrogens is 226 g/mol. The average Bonchev–Trinajstić information content (AvgIpc) is 2.13. The molecule has 0 aromatic heterocycles. The first-order valence-corrected chi connectivity index (χ1v) is 4.60. The van der Waals surface area contributed by atoms with Gasteiger partial charge in [0.05, 0.1) is 0 Å². The molecule has 0 aliphatic heterocycles. The molecule has 1 aromatic carbocycles. The van der Waals surface area contributed by atoms with Crippen molar-refractivity contribution >= 4 is 0 Å². The third kappa shape index (κ3) is 3.69. The molecule has 16 heavy (non-hydrogen) atoms. The number of benzene rings is 1. The Balaban J connectivity index is 2.70. The molecule has 0 unspecified atom stereocenters. The van der Waals surface area contributed by atoms with Crippen molar-refractivity contribution in [2.45, 2.75) is 25.1 Å². The lowest BCUT2D eigenvalue weighted by Crippen LogP contribution is -2.16. The van der Waals surface area contributed by atoms with Crippen LogP contribution in [0.15, 0.2) is 18.2 Å². The Labute approximate surface area is 89.7 Å². The summed E-state index contributed by atoms with van der Waals surface area (Å²) in [5, 5.41) is 8.92. The average molecular weight is 237 g/mol. The van der Waals surface area contributed by atoms with Crippen LogP contribution in [0.5, 0.6) is 5.75 Å². The molecule has 0 radical (unpaired) electrons. The first-order valence-electron chi connectivity index (χ1n) is 4.60. The minimum atomic E-state index is -4.30. The predicted molar refractivity (Wildman–Crippen MR) is 50.3 cm³/mol. The lowest BCUT2D eigenvalue weighted by Gasteiger charge is -2.14. The molecule has 0 aliphatic rings. The number of halogens is 4. The van der Waals surface area contributed by atoms with Crippen LogP contribution >= 0.6 is 0 Å². The van der Waals surface area contributed by atoms with Crippen LogP contribution in [-0.4, -0.2) is 11.3 Å². The lowest BCUT2D eigenvalue weighted by molar-refractivity contribution is -0.136. The van der Waals surface area contributed by atoms with Gasteiger partial charge in [-0.3, -0.25) is 0 Å². The molecule has 0 amide bonds. The van der Waals surface area contributed by atoms with Gasteiger partial charge in [-0.05, 0) is 12.5 Å². The van der Waals surface area contributed by atoms with Gasteiger partial charge in [0.25, 0.3) is 0 Å². The van der Waals surface area contributed by atoms with Crippen LogP contribution in [-0.2, 0) is 0 Å². The van der Waals surface area contributed by atoms with Crippen LogP contribution in [0.2, 0.25) is 0 Å². The summed E-state index contributed by atoms with van der Waals surface area (Å²) in [6, 6.07) is 2.17. The fourth-order valence-corrected chi connectivity index (χ4v) is 1.29. The topological polar surface area (TPSA) is 46.2 Å². The van der Waals surface area contributed by atoms with Gasteiger partial charge in [-0.1, -0.05) is 6.07 Å². The molecule has 0 saturated heterocycles. The SMILES string of the molecule is N[C@@H](CCC(F)(F)F)c1ccc(O)cc1F. The Morgan fingerprint density at radius 3 is 2.44 bits per heavy atom. The third-order valence-corrected chi connectivity index (χ3v) is 2.12. The second-order valence-corrected chi connectivity index (χ2v) is 3.47. The summed E-state index contributed by atoms with van der Waals surface area (Å²) in [6.07, 6.45) is -5.75. The first kappa shape index (κ1) is 12.8. The summed E-state index contributed by atoms with van der Waals surface area (Å²) in [5.74, 6) is -1.08. The molecule has 6 heteroatoms. The van der Waals surface area contributed by atoms with E-state index >= 15 is 0 Å². The maximum absolute atomic E-state index is 13.2. The summed E-state index contributed by atoms with van der Waals surface area (Å²) < 4.78 is 48.9. The Kier molecular flexibility index (Phi) is 3.74. The molecule has 3 N–H and O–H groups in total. The number of alkyl halides is 3. The molecule has 1 rings (SSSR count). The van der Waals surface area contributed by atoms with Gasteiger partial charge < -0.3 is 10.8 Å². The number of rotatable bonds is 3. The zero-order valence-corrected chi connectivity index (χ0v) is 8.26. The fourth-order valence-electron chi connectivity index (χ4n) is 1.29. The predicted octanol–water partition coefficient (Wildman–Crippen LogP) is 2.87. The quantitative estimate of drug-likeness (QED) is 0.794. The van der Waals surface area contributed by atoms with Gasteiger partial charge in [-0.25, -0.2) is 4.39 Å². The molecule has 90 valence electrons. The number of aromatic hydroxyl groups is 1. The van der Waals surface area contributed by atoms with Gasteiger partial charge in [0.1, 0.15) is 11.6 Å². The van der Waals surface area contributed by atoms with Crippen LogP contribution in [0.3, 0.4) is 0 Å². The van der Waals surface area contributed by atoms with Crippen LogP contribution < -0.4 is 5.73 Å². The molecular formula is C10H11F4NO. The molecule has 0 aliphatic carbocycles. The van der Waals surface area contributed by atoms with Crippen LogP contribution in [0.1, 0.15) is 24.4 Å². The second kappa shape index (κ2) is 4.69. The summed E-state index contributed by atoms with van der Waals surface area (Å²) in [4.78, 5) is 0. The van der Waals surface area contributed by atoms with Crippen molar-refractivity contribution in [2.24, 2.45) is 5.73 Å². The zero-order valence-electron chi connectivity index (χ0n) is 8.26. The Morgan fingerprint density at radius 1 is 1.31 bits per heavy atom. The van der Waals surface area contributed by atoms with E-state index in [1.165, 1.54) is 12.1 Å². The van der Waals surface area contributed by atoms with Crippen molar-refractivity contribution in [1.82, 2.24) is 0 Å². The molecule has 0 fully saturated rings. The van der Waals surface area contributed by atoms with E-state index in [-0.39, 0.29) is 17.7 Å². The van der Waals surface area contributed by atoms with E-state index in [1.54, 1.807) is 0 Å². The monoisotopic (exact) mass is 237 g/mol. The van der Waals surface area contributed by atoms with E-state index in [1.807, 2.05) is 0 Å². The van der Waals surface area contributed by atoms with E-state index in [2.05, 4.69) is 0 Å². The zero-order chi connectivity index (χ0) is 12.3. The Morgan fingerprint density at radius 2 is 1.94 bits per heavy atom. The normalized spacial score (nSPS) is 13.8. The van der Waals surface area contributed by atoms with E-state index in [0.29, 0.717) is 0 Å². The van der Waals surface area contributed by atoms with Crippen molar-refractivity contribution < 1.29 is 22.7 Å². The smallest absolute Gasteiger partial charge is 0.389 e. The van der Waals surface area contributed by atoms with Gasteiger partial charge in [0.2, 0.25) is 0 Å². The Bertz CT molecular complexity index is 364. The number of nitrogens with two attached hydrogens (primary N) is 1. The first-order chi connectivity index (χ1) is 7.29. The van der Waals surface area contributed by atoms with E-state index in [4.69, 9.17) is 10.8 Å². The van der Waals surface area contributed by atoms with Crippen molar-refractivity contribution in [3.63, 3.8) is 0 Å². The summed E-state index contributed by atoms with van der Waals surface area (Å²) in [6.45, 7) is 0. The van der Waals surface area contributed by atoms with Crippen molar-refractivity contribution in [1.29, 1.82) is 0 Å². The van der Waals surface area contributed by atoms with Gasteiger partial charge >= 0.3 is 6.18 Å². The third-order valence-electron chi connectivity index (χ3n) is 2.12. The Hall–Kier alpha value is -1.30. The van der Waals surface area contributed by atoms with Crippen LogP contribution in [0.25, 0.3) is 0 Å². The molecule has 0 bridgehead atoms. The van der Waals surface area contributed by atoms with Gasteiger partial charge in [0, 0.05) is 24.1 Å². The number of hydrogen-bond donors (Lipinski definition) is 2. The summed E-state index contributed by atoms with van der Waals surface area (Å²) >= 11 is 0. The minimum absolute atomic E-state index is 0.0259. The molecule has 1 atom stereocenters. The minimum Gasteiger partial charge on any atom is -0.508 e. The number of phenolic OH excluding ortho intramolecular Hbond substituents is 1. The van der Waals surface area contributed by atoms with E-state index in [0.717, 1.165) is 6.07 Å². The van der Waals surface area contributed by atoms with E-state index < -0.39 is 24.5 Å². The number of phenols is 1. The molecule has 2 nitrogen and oxygen atoms in total. The standard InChI is InChI=1S/C10H11F4NO/c11-8-5-6(16)1-2-7(8)9(15)3-4-10(12,13)14/h1-2,5,9,16H,3-4,15H2/t9-/m0/s1. The van der Waals surface area contributed by atoms with Gasteiger partial charge in [-0.2, -0.15) is 13.2 Å². The van der Waals surface area contributed by atoms with Crippen molar-refractivity contribution in [3.8, 4) is 5.75 Å². The van der Waals surface area contributed by atoms with E-state index in [9.17, 15) is 17.6 Å². The molecule has 0 saturated carbocycles. The second-order valence-electron chi connectivity index (χ2n) is 3.47.